The van der Waals surface area contributed by atoms with Gasteiger partial charge in [0.15, 0.2) is 5.82 Å². The van der Waals surface area contributed by atoms with Crippen LogP contribution in [0.5, 0.6) is 0 Å². The van der Waals surface area contributed by atoms with Crippen LogP contribution in [0.25, 0.3) is 0 Å². The fourth-order valence-electron chi connectivity index (χ4n) is 1.26. The Labute approximate surface area is 109 Å². The van der Waals surface area contributed by atoms with Gasteiger partial charge in [0.05, 0.1) is 22.4 Å². The maximum Gasteiger partial charge on any atom is 0.229 e. The monoisotopic (exact) mass is 260 g/mol. The third-order valence-electron chi connectivity index (χ3n) is 2.19. The van der Waals surface area contributed by atoms with Crippen molar-refractivity contribution in [1.29, 1.82) is 5.26 Å². The molecule has 0 radical (unpaired) electrons. The second-order valence-electron chi connectivity index (χ2n) is 3.99. The van der Waals surface area contributed by atoms with Crippen molar-refractivity contribution in [3.8, 4) is 6.07 Å². The lowest BCUT2D eigenvalue weighted by molar-refractivity contribution is 0.362. The standard InChI is InChI=1S/C12H12N4OS/c1-8(2)12-15-10(16-17-12)7-18-11-5-9(6-13)3-4-14-11/h3-5,8H,7H2,1-2H3. The first-order valence-electron chi connectivity index (χ1n) is 5.50. The zero-order valence-electron chi connectivity index (χ0n) is 10.1. The molecule has 0 aliphatic heterocycles. The van der Waals surface area contributed by atoms with E-state index >= 15 is 0 Å². The number of nitrogens with zero attached hydrogens (tertiary/aromatic N) is 4. The van der Waals surface area contributed by atoms with Gasteiger partial charge in [-0.15, -0.1) is 0 Å². The summed E-state index contributed by atoms with van der Waals surface area (Å²) in [6.45, 7) is 4.00. The summed E-state index contributed by atoms with van der Waals surface area (Å²) in [5.74, 6) is 2.10. The van der Waals surface area contributed by atoms with Crippen LogP contribution in [0.1, 0.15) is 37.0 Å². The molecule has 0 unspecified atom stereocenters. The van der Waals surface area contributed by atoms with Gasteiger partial charge in [-0.2, -0.15) is 10.2 Å². The van der Waals surface area contributed by atoms with Crippen LogP contribution in [-0.2, 0) is 5.75 Å². The van der Waals surface area contributed by atoms with Crippen LogP contribution in [0.15, 0.2) is 27.9 Å². The first-order valence-corrected chi connectivity index (χ1v) is 6.49. The minimum Gasteiger partial charge on any atom is -0.339 e. The van der Waals surface area contributed by atoms with Gasteiger partial charge in [0, 0.05) is 12.1 Å². The molecule has 0 aliphatic carbocycles. The number of rotatable bonds is 4. The smallest absolute Gasteiger partial charge is 0.229 e. The molecule has 0 amide bonds. The minimum atomic E-state index is 0.233. The van der Waals surface area contributed by atoms with Gasteiger partial charge >= 0.3 is 0 Å². The van der Waals surface area contributed by atoms with Gasteiger partial charge in [0.25, 0.3) is 0 Å². The first-order chi connectivity index (χ1) is 8.69. The van der Waals surface area contributed by atoms with E-state index in [0.717, 1.165) is 5.03 Å². The molecular formula is C12H12N4OS. The van der Waals surface area contributed by atoms with Crippen molar-refractivity contribution in [2.45, 2.75) is 30.5 Å². The molecule has 0 aliphatic rings. The first kappa shape index (κ1) is 12.6. The molecule has 0 N–H and O–H groups in total. The number of nitriles is 1. The third kappa shape index (κ3) is 3.08. The maximum absolute atomic E-state index is 8.78. The van der Waals surface area contributed by atoms with E-state index in [1.54, 1.807) is 18.3 Å². The van der Waals surface area contributed by atoms with Gasteiger partial charge in [-0.1, -0.05) is 30.8 Å². The van der Waals surface area contributed by atoms with Crippen LogP contribution in [-0.4, -0.2) is 15.1 Å². The second-order valence-corrected chi connectivity index (χ2v) is 4.98. The third-order valence-corrected chi connectivity index (χ3v) is 3.11. The summed E-state index contributed by atoms with van der Waals surface area (Å²) in [5.41, 5.74) is 0.600. The van der Waals surface area contributed by atoms with E-state index in [1.165, 1.54) is 11.8 Å². The highest BCUT2D eigenvalue weighted by atomic mass is 32.2. The number of thioether (sulfide) groups is 1. The lowest BCUT2D eigenvalue weighted by Crippen LogP contribution is -1.89. The Balaban J connectivity index is 2.00. The van der Waals surface area contributed by atoms with Crippen molar-refractivity contribution in [3.63, 3.8) is 0 Å². The van der Waals surface area contributed by atoms with Crippen molar-refractivity contribution in [1.82, 2.24) is 15.1 Å². The molecular weight excluding hydrogens is 248 g/mol. The normalized spacial score (nSPS) is 10.6. The highest BCUT2D eigenvalue weighted by molar-refractivity contribution is 7.98. The number of aromatic nitrogens is 3. The van der Waals surface area contributed by atoms with Crippen LogP contribution in [0.3, 0.4) is 0 Å². The Bertz CT molecular complexity index is 573. The Hall–Kier alpha value is -1.87. The lowest BCUT2D eigenvalue weighted by atomic mass is 10.2. The summed E-state index contributed by atoms with van der Waals surface area (Å²) in [6.07, 6.45) is 1.62. The Morgan fingerprint density at radius 1 is 1.50 bits per heavy atom. The van der Waals surface area contributed by atoms with Crippen LogP contribution >= 0.6 is 11.8 Å². The van der Waals surface area contributed by atoms with Crippen LogP contribution in [0.2, 0.25) is 0 Å². The number of hydrogen-bond acceptors (Lipinski definition) is 6. The van der Waals surface area contributed by atoms with Gasteiger partial charge in [-0.25, -0.2) is 4.98 Å². The molecule has 6 heteroatoms. The van der Waals surface area contributed by atoms with Gasteiger partial charge in [-0.05, 0) is 12.1 Å². The molecule has 2 aromatic heterocycles. The van der Waals surface area contributed by atoms with Crippen molar-refractivity contribution >= 4 is 11.8 Å². The van der Waals surface area contributed by atoms with Gasteiger partial charge in [-0.3, -0.25) is 0 Å². The summed E-state index contributed by atoms with van der Waals surface area (Å²) in [6, 6.07) is 5.50. The Kier molecular flexibility index (Phi) is 3.95. The van der Waals surface area contributed by atoms with Crippen molar-refractivity contribution in [2.24, 2.45) is 0 Å². The molecule has 0 fully saturated rings. The topological polar surface area (TPSA) is 75.6 Å². The van der Waals surface area contributed by atoms with Crippen molar-refractivity contribution < 1.29 is 4.52 Å². The summed E-state index contributed by atoms with van der Waals surface area (Å²) in [7, 11) is 0. The predicted octanol–water partition coefficient (Wildman–Crippen LogP) is 2.75. The zero-order chi connectivity index (χ0) is 13.0. The predicted molar refractivity (Wildman–Crippen MR) is 66.9 cm³/mol. The molecule has 2 rings (SSSR count). The van der Waals surface area contributed by atoms with E-state index in [2.05, 4.69) is 21.2 Å². The molecule has 0 bridgehead atoms. The summed E-state index contributed by atoms with van der Waals surface area (Å²) in [5, 5.41) is 13.5. The highest BCUT2D eigenvalue weighted by Crippen LogP contribution is 2.21. The molecule has 5 nitrogen and oxygen atoms in total. The summed E-state index contributed by atoms with van der Waals surface area (Å²) >= 11 is 1.48. The van der Waals surface area contributed by atoms with Gasteiger partial charge in [0.2, 0.25) is 5.89 Å². The minimum absolute atomic E-state index is 0.233. The maximum atomic E-state index is 8.78. The van der Waals surface area contributed by atoms with E-state index in [1.807, 2.05) is 13.8 Å². The zero-order valence-corrected chi connectivity index (χ0v) is 10.9. The lowest BCUT2D eigenvalue weighted by Gasteiger charge is -1.97. The summed E-state index contributed by atoms with van der Waals surface area (Å²) in [4.78, 5) is 8.45. The van der Waals surface area contributed by atoms with E-state index in [4.69, 9.17) is 9.78 Å². The van der Waals surface area contributed by atoms with E-state index < -0.39 is 0 Å². The fourth-order valence-corrected chi connectivity index (χ4v) is 2.00. The van der Waals surface area contributed by atoms with E-state index in [-0.39, 0.29) is 5.92 Å². The SMILES string of the molecule is CC(C)c1nc(CSc2cc(C#N)ccn2)no1. The van der Waals surface area contributed by atoms with Crippen molar-refractivity contribution in [2.75, 3.05) is 0 Å². The Morgan fingerprint density at radius 3 is 3.00 bits per heavy atom. The highest BCUT2D eigenvalue weighted by Gasteiger charge is 2.10. The second kappa shape index (κ2) is 5.65. The molecule has 0 saturated heterocycles. The number of hydrogen-bond donors (Lipinski definition) is 0. The molecule has 0 saturated carbocycles. The molecule has 0 spiro atoms. The van der Waals surface area contributed by atoms with Gasteiger partial charge < -0.3 is 4.52 Å². The summed E-state index contributed by atoms with van der Waals surface area (Å²) < 4.78 is 5.11. The molecule has 18 heavy (non-hydrogen) atoms. The van der Waals surface area contributed by atoms with E-state index in [0.29, 0.717) is 23.0 Å². The van der Waals surface area contributed by atoms with Crippen LogP contribution in [0.4, 0.5) is 0 Å². The van der Waals surface area contributed by atoms with Gasteiger partial charge in [0.1, 0.15) is 0 Å². The molecule has 0 aromatic carbocycles. The molecule has 92 valence electrons. The quantitative estimate of drug-likeness (QED) is 0.787. The Morgan fingerprint density at radius 2 is 2.33 bits per heavy atom. The molecule has 2 aromatic rings. The molecule has 0 atom stereocenters. The number of pyridine rings is 1. The van der Waals surface area contributed by atoms with Crippen LogP contribution < -0.4 is 0 Å². The van der Waals surface area contributed by atoms with Crippen molar-refractivity contribution in [3.05, 3.63) is 35.6 Å². The molecule has 2 heterocycles. The average Bonchev–Trinajstić information content (AvgIpc) is 2.85. The average molecular weight is 260 g/mol. The largest absolute Gasteiger partial charge is 0.339 e. The fraction of sp³-hybridized carbons (Fsp3) is 0.333. The van der Waals surface area contributed by atoms with E-state index in [9.17, 15) is 0 Å². The van der Waals surface area contributed by atoms with Crippen LogP contribution in [0, 0.1) is 11.3 Å².